The minimum atomic E-state index is -0.526. The van der Waals surface area contributed by atoms with Crippen LogP contribution < -0.4 is 4.74 Å². The molecule has 1 aromatic carbocycles. The summed E-state index contributed by atoms with van der Waals surface area (Å²) in [6.07, 6.45) is 0. The number of aromatic hydroxyl groups is 1. The minimum Gasteiger partial charge on any atom is -0.504 e. The highest BCUT2D eigenvalue weighted by Crippen LogP contribution is 2.43. The summed E-state index contributed by atoms with van der Waals surface area (Å²) in [6.45, 7) is 5.60. The Labute approximate surface area is 104 Å². The van der Waals surface area contributed by atoms with Crippen LogP contribution >= 0.6 is 15.9 Å². The maximum atomic E-state index is 10.1. The summed E-state index contributed by atoms with van der Waals surface area (Å²) in [6, 6.07) is 1.76. The predicted octanol–water partition coefficient (Wildman–Crippen LogP) is 2.74. The average molecular weight is 289 g/mol. The number of phenolic OH excluding ortho intramolecular Hbond substituents is 1. The van der Waals surface area contributed by atoms with Gasteiger partial charge in [0.15, 0.2) is 11.5 Å². The molecule has 0 aliphatic heterocycles. The Kier molecular flexibility index (Phi) is 3.86. The van der Waals surface area contributed by atoms with Crippen LogP contribution in [0, 0.1) is 6.92 Å². The first-order chi connectivity index (χ1) is 7.35. The van der Waals surface area contributed by atoms with E-state index in [1.165, 1.54) is 7.11 Å². The maximum Gasteiger partial charge on any atom is 0.162 e. The SMILES string of the molecule is COc1cc(C)c(Br)c(C(C)(C)CO)c1O. The Bertz CT molecular complexity index is 400. The highest BCUT2D eigenvalue weighted by Gasteiger charge is 2.28. The van der Waals surface area contributed by atoms with Gasteiger partial charge in [0.2, 0.25) is 0 Å². The Morgan fingerprint density at radius 1 is 1.44 bits per heavy atom. The van der Waals surface area contributed by atoms with Gasteiger partial charge in [-0.3, -0.25) is 0 Å². The third-order valence-corrected chi connectivity index (χ3v) is 3.70. The molecular weight excluding hydrogens is 272 g/mol. The Morgan fingerprint density at radius 2 is 2.00 bits per heavy atom. The number of ether oxygens (including phenoxy) is 1. The number of aliphatic hydroxyl groups excluding tert-OH is 1. The normalized spacial score (nSPS) is 11.6. The number of aryl methyl sites for hydroxylation is 1. The van der Waals surface area contributed by atoms with Crippen molar-refractivity contribution in [2.45, 2.75) is 26.2 Å². The van der Waals surface area contributed by atoms with Gasteiger partial charge in [-0.2, -0.15) is 0 Å². The number of halogens is 1. The van der Waals surface area contributed by atoms with Crippen molar-refractivity contribution in [2.24, 2.45) is 0 Å². The third-order valence-electron chi connectivity index (χ3n) is 2.68. The first-order valence-electron chi connectivity index (χ1n) is 5.02. The molecule has 0 aliphatic carbocycles. The number of rotatable bonds is 3. The van der Waals surface area contributed by atoms with Crippen LogP contribution in [0.4, 0.5) is 0 Å². The van der Waals surface area contributed by atoms with Gasteiger partial charge in [0, 0.05) is 15.5 Å². The highest BCUT2D eigenvalue weighted by molar-refractivity contribution is 9.10. The van der Waals surface area contributed by atoms with E-state index in [9.17, 15) is 10.2 Å². The summed E-state index contributed by atoms with van der Waals surface area (Å²) in [7, 11) is 1.51. The van der Waals surface area contributed by atoms with Crippen LogP contribution in [0.15, 0.2) is 10.5 Å². The van der Waals surface area contributed by atoms with Crippen LogP contribution in [-0.4, -0.2) is 23.9 Å². The smallest absolute Gasteiger partial charge is 0.162 e. The molecule has 3 nitrogen and oxygen atoms in total. The maximum absolute atomic E-state index is 10.1. The van der Waals surface area contributed by atoms with Gasteiger partial charge in [-0.25, -0.2) is 0 Å². The number of benzene rings is 1. The van der Waals surface area contributed by atoms with Crippen LogP contribution in [-0.2, 0) is 5.41 Å². The average Bonchev–Trinajstić information content (AvgIpc) is 2.23. The van der Waals surface area contributed by atoms with E-state index >= 15 is 0 Å². The first kappa shape index (κ1) is 13.3. The predicted molar refractivity (Wildman–Crippen MR) is 67.2 cm³/mol. The fourth-order valence-corrected chi connectivity index (χ4v) is 2.44. The van der Waals surface area contributed by atoms with Gasteiger partial charge in [-0.1, -0.05) is 29.8 Å². The van der Waals surface area contributed by atoms with Crippen molar-refractivity contribution in [3.63, 3.8) is 0 Å². The Balaban J connectivity index is 3.54. The molecule has 1 aromatic rings. The lowest BCUT2D eigenvalue weighted by Crippen LogP contribution is -2.23. The molecular formula is C12H17BrO3. The summed E-state index contributed by atoms with van der Waals surface area (Å²) in [5, 5.41) is 19.5. The number of phenols is 1. The summed E-state index contributed by atoms with van der Waals surface area (Å²) >= 11 is 3.44. The molecule has 0 amide bonds. The molecule has 0 unspecified atom stereocenters. The second-order valence-electron chi connectivity index (χ2n) is 4.48. The fraction of sp³-hybridized carbons (Fsp3) is 0.500. The zero-order valence-electron chi connectivity index (χ0n) is 9.97. The minimum absolute atomic E-state index is 0.0498. The number of hydrogen-bond donors (Lipinski definition) is 2. The monoisotopic (exact) mass is 288 g/mol. The van der Waals surface area contributed by atoms with Gasteiger partial charge in [0.1, 0.15) is 0 Å². The first-order valence-corrected chi connectivity index (χ1v) is 5.82. The van der Waals surface area contributed by atoms with Gasteiger partial charge < -0.3 is 14.9 Å². The third kappa shape index (κ3) is 2.18. The summed E-state index contributed by atoms with van der Waals surface area (Å²) in [5.74, 6) is 0.510. The van der Waals surface area contributed by atoms with Gasteiger partial charge >= 0.3 is 0 Å². The van der Waals surface area contributed by atoms with E-state index < -0.39 is 5.41 Å². The molecule has 0 heterocycles. The van der Waals surface area contributed by atoms with Gasteiger partial charge in [0.05, 0.1) is 13.7 Å². The van der Waals surface area contributed by atoms with Gasteiger partial charge in [-0.15, -0.1) is 0 Å². The van der Waals surface area contributed by atoms with Crippen molar-refractivity contribution in [1.82, 2.24) is 0 Å². The molecule has 2 N–H and O–H groups in total. The standard InChI is InChI=1S/C12H17BrO3/c1-7-5-8(16-4)11(15)9(10(7)13)12(2,3)6-14/h5,14-15H,6H2,1-4H3. The lowest BCUT2D eigenvalue weighted by molar-refractivity contribution is 0.213. The number of aliphatic hydroxyl groups is 1. The topological polar surface area (TPSA) is 49.7 Å². The summed E-state index contributed by atoms with van der Waals surface area (Å²) < 4.78 is 5.92. The second-order valence-corrected chi connectivity index (χ2v) is 5.27. The van der Waals surface area contributed by atoms with E-state index in [4.69, 9.17) is 4.74 Å². The van der Waals surface area contributed by atoms with Crippen molar-refractivity contribution < 1.29 is 14.9 Å². The zero-order chi connectivity index (χ0) is 12.5. The molecule has 0 saturated carbocycles. The van der Waals surface area contributed by atoms with Crippen LogP contribution in [0.2, 0.25) is 0 Å². The molecule has 90 valence electrons. The number of hydrogen-bond acceptors (Lipinski definition) is 3. The quantitative estimate of drug-likeness (QED) is 0.899. The van der Waals surface area contributed by atoms with Gasteiger partial charge in [-0.05, 0) is 18.6 Å². The van der Waals surface area contributed by atoms with Crippen LogP contribution in [0.25, 0.3) is 0 Å². The lowest BCUT2D eigenvalue weighted by atomic mass is 9.84. The molecule has 0 aromatic heterocycles. The van der Waals surface area contributed by atoms with Crippen LogP contribution in [0.5, 0.6) is 11.5 Å². The molecule has 0 aliphatic rings. The van der Waals surface area contributed by atoms with E-state index in [0.29, 0.717) is 11.3 Å². The molecule has 1 rings (SSSR count). The van der Waals surface area contributed by atoms with Crippen LogP contribution in [0.1, 0.15) is 25.0 Å². The summed E-state index contributed by atoms with van der Waals surface area (Å²) in [4.78, 5) is 0. The highest BCUT2D eigenvalue weighted by atomic mass is 79.9. The molecule has 0 spiro atoms. The largest absolute Gasteiger partial charge is 0.504 e. The van der Waals surface area contributed by atoms with E-state index in [0.717, 1.165) is 10.0 Å². The molecule has 0 saturated heterocycles. The van der Waals surface area contributed by atoms with Crippen molar-refractivity contribution in [2.75, 3.05) is 13.7 Å². The molecule has 0 radical (unpaired) electrons. The Morgan fingerprint density at radius 3 is 2.44 bits per heavy atom. The molecule has 4 heteroatoms. The molecule has 0 bridgehead atoms. The summed E-state index contributed by atoms with van der Waals surface area (Å²) in [5.41, 5.74) is 1.11. The molecule has 0 fully saturated rings. The van der Waals surface area contributed by atoms with E-state index in [1.54, 1.807) is 6.07 Å². The zero-order valence-corrected chi connectivity index (χ0v) is 11.6. The van der Waals surface area contributed by atoms with Gasteiger partial charge in [0.25, 0.3) is 0 Å². The van der Waals surface area contributed by atoms with Crippen molar-refractivity contribution in [1.29, 1.82) is 0 Å². The Hall–Kier alpha value is -0.740. The van der Waals surface area contributed by atoms with E-state index in [2.05, 4.69) is 15.9 Å². The molecule has 16 heavy (non-hydrogen) atoms. The van der Waals surface area contributed by atoms with Crippen molar-refractivity contribution in [3.8, 4) is 11.5 Å². The number of methoxy groups -OCH3 is 1. The van der Waals surface area contributed by atoms with Crippen molar-refractivity contribution in [3.05, 3.63) is 21.7 Å². The second kappa shape index (κ2) is 4.63. The van der Waals surface area contributed by atoms with Crippen molar-refractivity contribution >= 4 is 15.9 Å². The lowest BCUT2D eigenvalue weighted by Gasteiger charge is -2.26. The fourth-order valence-electron chi connectivity index (χ4n) is 1.60. The van der Waals surface area contributed by atoms with Crippen LogP contribution in [0.3, 0.4) is 0 Å². The van der Waals surface area contributed by atoms with E-state index in [1.807, 2.05) is 20.8 Å². The molecule has 0 atom stereocenters. The van der Waals surface area contributed by atoms with E-state index in [-0.39, 0.29) is 12.4 Å².